The summed E-state index contributed by atoms with van der Waals surface area (Å²) < 4.78 is 0. The van der Waals surface area contributed by atoms with Crippen LogP contribution in [0, 0.1) is 0 Å². The van der Waals surface area contributed by atoms with Gasteiger partial charge in [-0.3, -0.25) is 9.78 Å². The lowest BCUT2D eigenvalue weighted by Gasteiger charge is -2.22. The zero-order chi connectivity index (χ0) is 11.5. The maximum absolute atomic E-state index is 11.9. The van der Waals surface area contributed by atoms with Gasteiger partial charge in [-0.1, -0.05) is 0 Å². The molecule has 0 unspecified atom stereocenters. The molecule has 0 radical (unpaired) electrons. The zero-order valence-electron chi connectivity index (χ0n) is 9.37. The molecule has 0 saturated carbocycles. The number of hydrogen-bond acceptors (Lipinski definition) is 4. The fraction of sp³-hybridized carbons (Fsp3) is 0.455. The lowest BCUT2D eigenvalue weighted by Crippen LogP contribution is -2.45. The van der Waals surface area contributed by atoms with Crippen molar-refractivity contribution in [3.8, 4) is 0 Å². The number of nitrogens with zero attached hydrogens (tertiary/aromatic N) is 1. The summed E-state index contributed by atoms with van der Waals surface area (Å²) in [6.07, 6.45) is 3.57. The van der Waals surface area contributed by atoms with E-state index in [1.54, 1.807) is 25.5 Å². The third-order valence-electron chi connectivity index (χ3n) is 2.61. The van der Waals surface area contributed by atoms with Crippen LogP contribution in [0.4, 0.5) is 5.69 Å². The number of ketones is 1. The number of nitrogen functional groups attached to an aromatic ring is 1. The summed E-state index contributed by atoms with van der Waals surface area (Å²) in [4.78, 5) is 15.8. The molecule has 4 heteroatoms. The predicted molar refractivity (Wildman–Crippen MR) is 60.5 cm³/mol. The molecule has 0 aliphatic carbocycles. The van der Waals surface area contributed by atoms with Crippen molar-refractivity contribution in [3.05, 3.63) is 24.0 Å². The maximum atomic E-state index is 11.9. The second-order valence-electron chi connectivity index (χ2n) is 4.05. The number of Topliss-reactive ketones (excluding diaryl/α,β-unsaturated/α-hetero) is 1. The Hall–Kier alpha value is -1.42. The monoisotopic (exact) mass is 207 g/mol. The van der Waals surface area contributed by atoms with E-state index in [-0.39, 0.29) is 5.78 Å². The Morgan fingerprint density at radius 2 is 2.27 bits per heavy atom. The second kappa shape index (κ2) is 4.40. The van der Waals surface area contributed by atoms with Crippen LogP contribution in [0.5, 0.6) is 0 Å². The molecule has 0 aliphatic rings. The minimum atomic E-state index is -0.526. The van der Waals surface area contributed by atoms with E-state index in [1.165, 1.54) is 0 Å². The number of aromatic nitrogens is 1. The Morgan fingerprint density at radius 3 is 2.80 bits per heavy atom. The molecule has 0 aromatic carbocycles. The normalized spacial score (nSPS) is 11.4. The molecular weight excluding hydrogens is 190 g/mol. The summed E-state index contributed by atoms with van der Waals surface area (Å²) in [5.74, 6) is 0.102. The Morgan fingerprint density at radius 1 is 1.60 bits per heavy atom. The highest BCUT2D eigenvalue weighted by Crippen LogP contribution is 2.13. The molecular formula is C11H17N3O. The average Bonchev–Trinajstić information content (AvgIpc) is 2.21. The van der Waals surface area contributed by atoms with Crippen LogP contribution >= 0.6 is 0 Å². The molecule has 1 heterocycles. The maximum Gasteiger partial charge on any atom is 0.156 e. The second-order valence-corrected chi connectivity index (χ2v) is 4.05. The van der Waals surface area contributed by atoms with E-state index in [0.29, 0.717) is 12.1 Å². The Labute approximate surface area is 89.9 Å². The van der Waals surface area contributed by atoms with Gasteiger partial charge < -0.3 is 11.1 Å². The number of pyridine rings is 1. The molecule has 0 spiro atoms. The number of anilines is 1. The third kappa shape index (κ3) is 2.76. The van der Waals surface area contributed by atoms with Gasteiger partial charge in [0.1, 0.15) is 0 Å². The highest BCUT2D eigenvalue weighted by atomic mass is 16.1. The molecule has 15 heavy (non-hydrogen) atoms. The Kier molecular flexibility index (Phi) is 3.42. The van der Waals surface area contributed by atoms with Gasteiger partial charge in [0.05, 0.1) is 5.54 Å². The first-order chi connectivity index (χ1) is 6.97. The van der Waals surface area contributed by atoms with Crippen LogP contribution in [-0.4, -0.2) is 23.4 Å². The minimum Gasteiger partial charge on any atom is -0.398 e. The van der Waals surface area contributed by atoms with Gasteiger partial charge in [-0.25, -0.2) is 0 Å². The van der Waals surface area contributed by atoms with Gasteiger partial charge in [0, 0.05) is 30.1 Å². The summed E-state index contributed by atoms with van der Waals surface area (Å²) in [6, 6.07) is 1.70. The summed E-state index contributed by atoms with van der Waals surface area (Å²) in [6.45, 7) is 3.70. The van der Waals surface area contributed by atoms with E-state index in [0.717, 1.165) is 5.56 Å². The number of carbonyl (C=O) groups is 1. The summed E-state index contributed by atoms with van der Waals surface area (Å²) >= 11 is 0. The first-order valence-corrected chi connectivity index (χ1v) is 4.88. The van der Waals surface area contributed by atoms with Gasteiger partial charge in [-0.2, -0.15) is 0 Å². The molecule has 0 amide bonds. The van der Waals surface area contributed by atoms with E-state index in [9.17, 15) is 4.79 Å². The van der Waals surface area contributed by atoms with E-state index in [1.807, 2.05) is 13.8 Å². The van der Waals surface area contributed by atoms with Crippen LogP contribution in [0.15, 0.2) is 18.5 Å². The molecule has 0 fully saturated rings. The van der Waals surface area contributed by atoms with Crippen molar-refractivity contribution in [2.24, 2.45) is 0 Å². The summed E-state index contributed by atoms with van der Waals surface area (Å²) in [5.41, 5.74) is 6.61. The van der Waals surface area contributed by atoms with Gasteiger partial charge in [0.15, 0.2) is 5.78 Å². The standard InChI is InChI=1S/C11H17N3O/c1-11(2,13-3)10(15)6-8-7-14-5-4-9(8)12/h4-5,7,13H,6H2,1-3H3,(H2,12,14). The van der Waals surface area contributed by atoms with Crippen molar-refractivity contribution in [1.29, 1.82) is 0 Å². The number of nitrogens with two attached hydrogens (primary N) is 1. The van der Waals surface area contributed by atoms with Gasteiger partial charge in [-0.05, 0) is 27.0 Å². The molecule has 3 N–H and O–H groups in total. The smallest absolute Gasteiger partial charge is 0.156 e. The van der Waals surface area contributed by atoms with Gasteiger partial charge in [0.2, 0.25) is 0 Å². The summed E-state index contributed by atoms with van der Waals surface area (Å²) in [5, 5.41) is 2.97. The lowest BCUT2D eigenvalue weighted by molar-refractivity contribution is -0.123. The first-order valence-electron chi connectivity index (χ1n) is 4.88. The van der Waals surface area contributed by atoms with Crippen molar-refractivity contribution in [3.63, 3.8) is 0 Å². The highest BCUT2D eigenvalue weighted by Gasteiger charge is 2.25. The number of hydrogen-bond donors (Lipinski definition) is 2. The third-order valence-corrected chi connectivity index (χ3v) is 2.61. The van der Waals surface area contributed by atoms with Crippen molar-refractivity contribution in [2.45, 2.75) is 25.8 Å². The van der Waals surface area contributed by atoms with Crippen LogP contribution in [0.2, 0.25) is 0 Å². The van der Waals surface area contributed by atoms with Gasteiger partial charge in [-0.15, -0.1) is 0 Å². The molecule has 4 nitrogen and oxygen atoms in total. The molecule has 1 aromatic rings. The Balaban J connectivity index is 2.80. The van der Waals surface area contributed by atoms with Crippen LogP contribution < -0.4 is 11.1 Å². The van der Waals surface area contributed by atoms with Crippen LogP contribution in [0.1, 0.15) is 19.4 Å². The quantitative estimate of drug-likeness (QED) is 0.765. The largest absolute Gasteiger partial charge is 0.398 e. The highest BCUT2D eigenvalue weighted by molar-refractivity contribution is 5.90. The molecule has 0 bridgehead atoms. The molecule has 82 valence electrons. The number of rotatable bonds is 4. The molecule has 0 atom stereocenters. The topological polar surface area (TPSA) is 68.0 Å². The van der Waals surface area contributed by atoms with Crippen LogP contribution in [0.3, 0.4) is 0 Å². The molecule has 0 aliphatic heterocycles. The fourth-order valence-electron chi connectivity index (χ4n) is 1.12. The fourth-order valence-corrected chi connectivity index (χ4v) is 1.12. The number of likely N-dealkylation sites (N-methyl/N-ethyl adjacent to an activating group) is 1. The van der Waals surface area contributed by atoms with Crippen LogP contribution in [0.25, 0.3) is 0 Å². The molecule has 1 rings (SSSR count). The minimum absolute atomic E-state index is 0.102. The van der Waals surface area contributed by atoms with E-state index in [2.05, 4.69) is 10.3 Å². The van der Waals surface area contributed by atoms with E-state index in [4.69, 9.17) is 5.73 Å². The number of carbonyl (C=O) groups excluding carboxylic acids is 1. The molecule has 1 aromatic heterocycles. The number of nitrogens with one attached hydrogen (secondary N) is 1. The lowest BCUT2D eigenvalue weighted by atomic mass is 9.94. The average molecular weight is 207 g/mol. The molecule has 0 saturated heterocycles. The van der Waals surface area contributed by atoms with E-state index < -0.39 is 5.54 Å². The SMILES string of the molecule is CNC(C)(C)C(=O)Cc1cnccc1N. The van der Waals surface area contributed by atoms with Crippen LogP contribution in [-0.2, 0) is 11.2 Å². The van der Waals surface area contributed by atoms with Gasteiger partial charge in [0.25, 0.3) is 0 Å². The first kappa shape index (κ1) is 11.7. The van der Waals surface area contributed by atoms with Crippen molar-refractivity contribution in [2.75, 3.05) is 12.8 Å². The zero-order valence-corrected chi connectivity index (χ0v) is 9.37. The van der Waals surface area contributed by atoms with Crippen molar-refractivity contribution < 1.29 is 4.79 Å². The summed E-state index contributed by atoms with van der Waals surface area (Å²) in [7, 11) is 1.77. The van der Waals surface area contributed by atoms with Gasteiger partial charge >= 0.3 is 0 Å². The van der Waals surface area contributed by atoms with E-state index >= 15 is 0 Å². The Bertz CT molecular complexity index is 361. The van der Waals surface area contributed by atoms with Crippen molar-refractivity contribution >= 4 is 11.5 Å². The van der Waals surface area contributed by atoms with Crippen molar-refractivity contribution in [1.82, 2.24) is 10.3 Å². The predicted octanol–water partition coefficient (Wildman–Crippen LogP) is 0.773.